The number of carbonyl (C=O) groups is 3. The predicted octanol–water partition coefficient (Wildman–Crippen LogP) is 3.52. The van der Waals surface area contributed by atoms with Gasteiger partial charge in [0.1, 0.15) is 12.1 Å². The first-order chi connectivity index (χ1) is 16.9. The van der Waals surface area contributed by atoms with Gasteiger partial charge in [-0.05, 0) is 66.4 Å². The van der Waals surface area contributed by atoms with Gasteiger partial charge in [0, 0.05) is 13.1 Å². The number of nitrogens with zero attached hydrogens (tertiary/aromatic N) is 2. The Balaban J connectivity index is 1.24. The van der Waals surface area contributed by atoms with Gasteiger partial charge < -0.3 is 10.6 Å². The average Bonchev–Trinajstić information content (AvgIpc) is 3.46. The van der Waals surface area contributed by atoms with Crippen LogP contribution in [0.5, 0.6) is 0 Å². The van der Waals surface area contributed by atoms with E-state index in [9.17, 15) is 14.4 Å². The molecule has 0 bridgehead atoms. The Labute approximate surface area is 205 Å². The molecule has 0 spiro atoms. The summed E-state index contributed by atoms with van der Waals surface area (Å²) in [6, 6.07) is 21.1. The molecule has 4 amide bonds. The smallest absolute Gasteiger partial charge is 0.325 e. The van der Waals surface area contributed by atoms with Gasteiger partial charge in [-0.15, -0.1) is 0 Å². The number of hydrogen-bond acceptors (Lipinski definition) is 4. The Morgan fingerprint density at radius 2 is 1.63 bits per heavy atom. The summed E-state index contributed by atoms with van der Waals surface area (Å²) in [5, 5.41) is 7.72. The second-order valence-electron chi connectivity index (χ2n) is 9.54. The standard InChI is InChI=1S/C28H30N4O3/c1-28(24-13-12-20-8-2-3-9-21(20)16-24)26(34)32(27(35)30-28)19-25(33)29-17-22-10-4-5-11-23(22)18-31-14-6-7-15-31/h2-5,8-13,16H,6-7,14-15,17-19H2,1H3,(H,29,33)(H,30,35)/t28-/m0/s1. The Morgan fingerprint density at radius 3 is 2.40 bits per heavy atom. The van der Waals surface area contributed by atoms with Crippen LogP contribution in [0.25, 0.3) is 10.8 Å². The topological polar surface area (TPSA) is 81.8 Å². The molecule has 35 heavy (non-hydrogen) atoms. The van der Waals surface area contributed by atoms with Crippen LogP contribution in [0.15, 0.2) is 66.7 Å². The number of carbonyl (C=O) groups excluding carboxylic acids is 3. The number of benzene rings is 3. The summed E-state index contributed by atoms with van der Waals surface area (Å²) < 4.78 is 0. The fourth-order valence-corrected chi connectivity index (χ4v) is 5.00. The maximum absolute atomic E-state index is 13.3. The molecule has 3 aromatic carbocycles. The molecule has 0 radical (unpaired) electrons. The van der Waals surface area contributed by atoms with Crippen molar-refractivity contribution in [3.05, 3.63) is 83.4 Å². The highest BCUT2D eigenvalue weighted by Crippen LogP contribution is 2.31. The van der Waals surface area contributed by atoms with Crippen LogP contribution in [0.3, 0.4) is 0 Å². The van der Waals surface area contributed by atoms with E-state index >= 15 is 0 Å². The van der Waals surface area contributed by atoms with E-state index < -0.39 is 17.5 Å². The van der Waals surface area contributed by atoms with Gasteiger partial charge in [-0.3, -0.25) is 19.4 Å². The average molecular weight is 471 g/mol. The molecule has 3 aromatic rings. The highest BCUT2D eigenvalue weighted by Gasteiger charge is 2.49. The van der Waals surface area contributed by atoms with Crippen molar-refractivity contribution >= 4 is 28.6 Å². The summed E-state index contributed by atoms with van der Waals surface area (Å²) in [7, 11) is 0. The van der Waals surface area contributed by atoms with Crippen LogP contribution in [-0.2, 0) is 28.2 Å². The second-order valence-corrected chi connectivity index (χ2v) is 9.54. The lowest BCUT2D eigenvalue weighted by atomic mass is 9.90. The quantitative estimate of drug-likeness (QED) is 0.518. The zero-order chi connectivity index (χ0) is 24.4. The molecule has 2 aliphatic rings. The van der Waals surface area contributed by atoms with Crippen LogP contribution in [0.4, 0.5) is 4.79 Å². The first kappa shape index (κ1) is 23.1. The molecule has 2 saturated heterocycles. The molecular weight excluding hydrogens is 440 g/mol. The highest BCUT2D eigenvalue weighted by atomic mass is 16.2. The van der Waals surface area contributed by atoms with Crippen molar-refractivity contribution in [2.24, 2.45) is 0 Å². The first-order valence-corrected chi connectivity index (χ1v) is 12.1. The van der Waals surface area contributed by atoms with Crippen molar-refractivity contribution < 1.29 is 14.4 Å². The molecule has 0 aliphatic carbocycles. The van der Waals surface area contributed by atoms with E-state index in [4.69, 9.17) is 0 Å². The van der Waals surface area contributed by atoms with E-state index in [0.717, 1.165) is 40.9 Å². The molecule has 2 aliphatic heterocycles. The van der Waals surface area contributed by atoms with Gasteiger partial charge in [-0.25, -0.2) is 4.79 Å². The maximum atomic E-state index is 13.3. The molecule has 0 aromatic heterocycles. The number of rotatable bonds is 7. The number of likely N-dealkylation sites (tertiary alicyclic amines) is 1. The van der Waals surface area contributed by atoms with Crippen molar-refractivity contribution in [1.82, 2.24) is 20.4 Å². The van der Waals surface area contributed by atoms with E-state index in [1.807, 2.05) is 60.7 Å². The summed E-state index contributed by atoms with van der Waals surface area (Å²) in [5.41, 5.74) is 1.71. The summed E-state index contributed by atoms with van der Waals surface area (Å²) >= 11 is 0. The van der Waals surface area contributed by atoms with E-state index in [0.29, 0.717) is 12.1 Å². The lowest BCUT2D eigenvalue weighted by Gasteiger charge is -2.22. The van der Waals surface area contributed by atoms with Crippen LogP contribution >= 0.6 is 0 Å². The third-order valence-corrected chi connectivity index (χ3v) is 7.09. The Kier molecular flexibility index (Phi) is 6.26. The van der Waals surface area contributed by atoms with Gasteiger partial charge in [0.2, 0.25) is 5.91 Å². The minimum atomic E-state index is -1.22. The van der Waals surface area contributed by atoms with Crippen LogP contribution in [0, 0.1) is 0 Å². The third-order valence-electron chi connectivity index (χ3n) is 7.09. The summed E-state index contributed by atoms with van der Waals surface area (Å²) in [6.07, 6.45) is 2.45. The van der Waals surface area contributed by atoms with Crippen LogP contribution in [0.2, 0.25) is 0 Å². The summed E-state index contributed by atoms with van der Waals surface area (Å²) in [5.74, 6) is -0.797. The van der Waals surface area contributed by atoms with Crippen LogP contribution < -0.4 is 10.6 Å². The molecule has 5 rings (SSSR count). The first-order valence-electron chi connectivity index (χ1n) is 12.1. The van der Waals surface area contributed by atoms with E-state index in [1.165, 1.54) is 18.4 Å². The molecule has 7 nitrogen and oxygen atoms in total. The van der Waals surface area contributed by atoms with Gasteiger partial charge in [-0.2, -0.15) is 0 Å². The fourth-order valence-electron chi connectivity index (χ4n) is 5.00. The van der Waals surface area contributed by atoms with E-state index in [1.54, 1.807) is 6.92 Å². The Bertz CT molecular complexity index is 1280. The molecule has 0 unspecified atom stereocenters. The zero-order valence-electron chi connectivity index (χ0n) is 19.9. The number of amides is 4. The van der Waals surface area contributed by atoms with Gasteiger partial charge in [0.05, 0.1) is 0 Å². The van der Waals surface area contributed by atoms with Gasteiger partial charge in [0.15, 0.2) is 0 Å². The summed E-state index contributed by atoms with van der Waals surface area (Å²) in [4.78, 5) is 42.2. The van der Waals surface area contributed by atoms with Crippen LogP contribution in [0.1, 0.15) is 36.5 Å². The molecule has 7 heteroatoms. The van der Waals surface area contributed by atoms with Gasteiger partial charge in [-0.1, -0.05) is 60.7 Å². The second kappa shape index (κ2) is 9.50. The Morgan fingerprint density at radius 1 is 0.943 bits per heavy atom. The molecule has 2 heterocycles. The molecule has 2 fully saturated rings. The number of hydrogen-bond donors (Lipinski definition) is 2. The summed E-state index contributed by atoms with van der Waals surface area (Å²) in [6.45, 7) is 4.79. The van der Waals surface area contributed by atoms with Gasteiger partial charge in [0.25, 0.3) is 5.91 Å². The van der Waals surface area contributed by atoms with Crippen LogP contribution in [-0.4, -0.2) is 47.3 Å². The van der Waals surface area contributed by atoms with Crippen molar-refractivity contribution in [3.63, 3.8) is 0 Å². The van der Waals surface area contributed by atoms with Gasteiger partial charge >= 0.3 is 6.03 Å². The zero-order valence-corrected chi connectivity index (χ0v) is 19.9. The van der Waals surface area contributed by atoms with Crippen molar-refractivity contribution in [2.75, 3.05) is 19.6 Å². The highest BCUT2D eigenvalue weighted by molar-refractivity contribution is 6.09. The molecule has 0 saturated carbocycles. The molecule has 180 valence electrons. The minimum Gasteiger partial charge on any atom is -0.350 e. The Hall–Kier alpha value is -3.71. The minimum absolute atomic E-state index is 0.317. The number of imide groups is 1. The lowest BCUT2D eigenvalue weighted by molar-refractivity contribution is -0.134. The van der Waals surface area contributed by atoms with Crippen molar-refractivity contribution in [1.29, 1.82) is 0 Å². The maximum Gasteiger partial charge on any atom is 0.325 e. The van der Waals surface area contributed by atoms with E-state index in [-0.39, 0.29) is 12.5 Å². The van der Waals surface area contributed by atoms with E-state index in [2.05, 4.69) is 21.6 Å². The molecular formula is C28H30N4O3. The lowest BCUT2D eigenvalue weighted by Crippen LogP contribution is -2.43. The van der Waals surface area contributed by atoms with Crippen molar-refractivity contribution in [2.45, 2.75) is 38.4 Å². The predicted molar refractivity (Wildman–Crippen MR) is 134 cm³/mol. The molecule has 1 atom stereocenters. The van der Waals surface area contributed by atoms with Crippen molar-refractivity contribution in [3.8, 4) is 0 Å². The third kappa shape index (κ3) is 4.64. The molecule has 2 N–H and O–H groups in total. The SMILES string of the molecule is C[C@@]1(c2ccc3ccccc3c2)NC(=O)N(CC(=O)NCc2ccccc2CN2CCCC2)C1=O. The number of nitrogens with one attached hydrogen (secondary N) is 2. The largest absolute Gasteiger partial charge is 0.350 e. The fraction of sp³-hybridized carbons (Fsp3) is 0.321. The normalized spacial score (nSPS) is 20.4. The number of fused-ring (bicyclic) bond motifs is 1. The number of urea groups is 1. The monoisotopic (exact) mass is 470 g/mol.